The molecule has 2 saturated carbocycles. The van der Waals surface area contributed by atoms with E-state index in [0.717, 1.165) is 135 Å². The lowest BCUT2D eigenvalue weighted by molar-refractivity contribution is 0.412. The molecule has 3 aromatic rings. The topological polar surface area (TPSA) is 129 Å². The van der Waals surface area contributed by atoms with Crippen LogP contribution >= 0.6 is 0 Å². The molecular weight excluding hydrogens is 595 g/mol. The number of hydrogen-bond donors (Lipinski definition) is 4. The van der Waals surface area contributed by atoms with Gasteiger partial charge in [0.05, 0.1) is 22.8 Å². The number of nitrogens with one attached hydrogen (secondary N) is 4. The van der Waals surface area contributed by atoms with Gasteiger partial charge in [-0.15, -0.1) is 0 Å². The van der Waals surface area contributed by atoms with Crippen LogP contribution in [0, 0.1) is 0 Å². The van der Waals surface area contributed by atoms with Gasteiger partial charge in [0.2, 0.25) is 0 Å². The monoisotopic (exact) mass is 635 g/mol. The van der Waals surface area contributed by atoms with Gasteiger partial charge in [-0.25, -0.2) is 4.98 Å². The predicted molar refractivity (Wildman–Crippen MR) is 175 cm³/mol. The van der Waals surface area contributed by atoms with E-state index in [1.54, 1.807) is 0 Å². The highest BCUT2D eigenvalue weighted by atomic mass is 32.2. The SMILES string of the molecule is O=S(=O)(Nc1ccc2c(c1)-c1nc3c(cc1CC2)CCc1ccc(NS(=O)(=O)NC2CCCCC2)cc1-3)NC1CCCCC1. The van der Waals surface area contributed by atoms with E-state index in [1.807, 2.05) is 36.4 Å². The molecule has 0 aliphatic heterocycles. The van der Waals surface area contributed by atoms with E-state index < -0.39 is 20.4 Å². The highest BCUT2D eigenvalue weighted by molar-refractivity contribution is 7.91. The summed E-state index contributed by atoms with van der Waals surface area (Å²) in [5.74, 6) is 0. The molecule has 7 rings (SSSR count). The van der Waals surface area contributed by atoms with Crippen LogP contribution in [-0.2, 0) is 46.1 Å². The van der Waals surface area contributed by atoms with Crippen molar-refractivity contribution in [2.24, 2.45) is 0 Å². The van der Waals surface area contributed by atoms with E-state index in [9.17, 15) is 16.8 Å². The van der Waals surface area contributed by atoms with Crippen molar-refractivity contribution < 1.29 is 16.8 Å². The minimum atomic E-state index is -3.70. The van der Waals surface area contributed by atoms with Gasteiger partial charge in [-0.1, -0.05) is 56.7 Å². The Morgan fingerprint density at radius 1 is 0.523 bits per heavy atom. The van der Waals surface area contributed by atoms with Gasteiger partial charge in [-0.05, 0) is 97.9 Å². The zero-order chi connectivity index (χ0) is 30.3. The second-order valence-electron chi connectivity index (χ2n) is 12.9. The standard InChI is InChI=1S/C33H41N5O4S2/c39-43(40,35-26-7-3-1-4-8-26)37-28-17-15-22-11-13-24-19-25-14-12-23-16-18-29(21-31(23)33(25)34-32(24)30(22)20-28)38-44(41,42)36-27-9-5-2-6-10-27/h15-21,26-27,35-38H,1-14H2. The molecule has 11 heteroatoms. The average Bonchev–Trinajstić information content (AvgIpc) is 3.00. The number of hydrogen-bond acceptors (Lipinski definition) is 5. The van der Waals surface area contributed by atoms with Crippen molar-refractivity contribution in [2.75, 3.05) is 9.44 Å². The number of rotatable bonds is 8. The lowest BCUT2D eigenvalue weighted by atomic mass is 9.83. The van der Waals surface area contributed by atoms with Crippen LogP contribution in [0.2, 0.25) is 0 Å². The number of benzene rings is 2. The van der Waals surface area contributed by atoms with Crippen molar-refractivity contribution in [1.29, 1.82) is 0 Å². The number of fused-ring (bicyclic) bond motifs is 6. The Morgan fingerprint density at radius 2 is 0.932 bits per heavy atom. The molecule has 0 amide bonds. The van der Waals surface area contributed by atoms with E-state index in [0.29, 0.717) is 11.4 Å². The fraction of sp³-hybridized carbons (Fsp3) is 0.485. The largest absolute Gasteiger partial charge is 0.299 e. The van der Waals surface area contributed by atoms with Crippen LogP contribution in [-0.4, -0.2) is 33.9 Å². The summed E-state index contributed by atoms with van der Waals surface area (Å²) in [5, 5.41) is 0. The molecule has 1 aromatic heterocycles. The van der Waals surface area contributed by atoms with Crippen LogP contribution in [0.3, 0.4) is 0 Å². The van der Waals surface area contributed by atoms with Gasteiger partial charge in [0, 0.05) is 23.2 Å². The van der Waals surface area contributed by atoms with Crippen LogP contribution in [0.1, 0.15) is 86.5 Å². The number of anilines is 2. The summed E-state index contributed by atoms with van der Waals surface area (Å²) in [6.45, 7) is 0. The third-order valence-corrected chi connectivity index (χ3v) is 11.9. The molecule has 0 spiro atoms. The maximum atomic E-state index is 13.0. The number of aromatic nitrogens is 1. The van der Waals surface area contributed by atoms with Crippen molar-refractivity contribution in [3.05, 3.63) is 64.7 Å². The third kappa shape index (κ3) is 6.51. The Bertz CT molecular complexity index is 1650. The lowest BCUT2D eigenvalue weighted by Gasteiger charge is -2.26. The predicted octanol–water partition coefficient (Wildman–Crippen LogP) is 5.77. The van der Waals surface area contributed by atoms with Crippen molar-refractivity contribution in [2.45, 2.75) is 102 Å². The van der Waals surface area contributed by atoms with E-state index in [1.165, 1.54) is 0 Å². The van der Waals surface area contributed by atoms with Gasteiger partial charge in [-0.2, -0.15) is 26.3 Å². The second kappa shape index (κ2) is 12.1. The van der Waals surface area contributed by atoms with Gasteiger partial charge < -0.3 is 0 Å². The molecule has 0 atom stereocenters. The third-order valence-electron chi connectivity index (χ3n) is 9.60. The number of aryl methyl sites for hydroxylation is 4. The van der Waals surface area contributed by atoms with Gasteiger partial charge in [-0.3, -0.25) is 9.44 Å². The maximum absolute atomic E-state index is 13.0. The molecular formula is C33H41N5O4S2. The molecule has 9 nitrogen and oxygen atoms in total. The summed E-state index contributed by atoms with van der Waals surface area (Å²) >= 11 is 0. The Morgan fingerprint density at radius 3 is 1.36 bits per heavy atom. The Balaban J connectivity index is 1.16. The fourth-order valence-corrected chi connectivity index (χ4v) is 9.74. The van der Waals surface area contributed by atoms with Crippen LogP contribution in [0.25, 0.3) is 22.5 Å². The Kier molecular flexibility index (Phi) is 8.15. The summed E-state index contributed by atoms with van der Waals surface area (Å²) in [6, 6.07) is 13.7. The zero-order valence-corrected chi connectivity index (χ0v) is 26.6. The van der Waals surface area contributed by atoms with E-state index >= 15 is 0 Å². The molecule has 44 heavy (non-hydrogen) atoms. The van der Waals surface area contributed by atoms with Crippen molar-refractivity contribution in [3.63, 3.8) is 0 Å². The first-order valence-corrected chi connectivity index (χ1v) is 19.1. The van der Waals surface area contributed by atoms with Crippen LogP contribution in [0.4, 0.5) is 11.4 Å². The van der Waals surface area contributed by atoms with Crippen LogP contribution in [0.15, 0.2) is 42.5 Å². The Hall–Kier alpha value is -2.99. The van der Waals surface area contributed by atoms with Crippen molar-refractivity contribution in [3.8, 4) is 22.5 Å². The molecule has 0 unspecified atom stereocenters. The van der Waals surface area contributed by atoms with Gasteiger partial charge in [0.15, 0.2) is 0 Å². The second-order valence-corrected chi connectivity index (χ2v) is 15.8. The molecule has 1 heterocycles. The summed E-state index contributed by atoms with van der Waals surface area (Å²) in [6.07, 6.45) is 13.5. The lowest BCUT2D eigenvalue weighted by Crippen LogP contribution is -2.39. The minimum Gasteiger partial charge on any atom is -0.271 e. The highest BCUT2D eigenvalue weighted by Gasteiger charge is 2.27. The maximum Gasteiger partial charge on any atom is 0.299 e. The van der Waals surface area contributed by atoms with Gasteiger partial charge in [0.25, 0.3) is 20.4 Å². The van der Waals surface area contributed by atoms with Crippen LogP contribution < -0.4 is 18.9 Å². The van der Waals surface area contributed by atoms with E-state index in [2.05, 4.69) is 25.0 Å². The number of pyridine rings is 1. The van der Waals surface area contributed by atoms with Gasteiger partial charge >= 0.3 is 0 Å². The normalized spacial score (nSPS) is 18.9. The zero-order valence-electron chi connectivity index (χ0n) is 25.0. The molecule has 2 aromatic carbocycles. The first-order valence-electron chi connectivity index (χ1n) is 16.1. The summed E-state index contributed by atoms with van der Waals surface area (Å²) in [4.78, 5) is 5.21. The van der Waals surface area contributed by atoms with Gasteiger partial charge in [0.1, 0.15) is 0 Å². The molecule has 4 aliphatic rings. The van der Waals surface area contributed by atoms with Crippen molar-refractivity contribution >= 4 is 31.8 Å². The summed E-state index contributed by atoms with van der Waals surface area (Å²) < 4.78 is 63.0. The molecule has 0 radical (unpaired) electrons. The molecule has 0 saturated heterocycles. The molecule has 234 valence electrons. The average molecular weight is 636 g/mol. The van der Waals surface area contributed by atoms with Crippen molar-refractivity contribution in [1.82, 2.24) is 14.4 Å². The van der Waals surface area contributed by atoms with Crippen LogP contribution in [0.5, 0.6) is 0 Å². The number of nitrogens with zero attached hydrogens (tertiary/aromatic N) is 1. The summed E-state index contributed by atoms with van der Waals surface area (Å²) in [7, 11) is -7.41. The molecule has 0 bridgehead atoms. The molecule has 4 N–H and O–H groups in total. The molecule has 4 aliphatic carbocycles. The first-order chi connectivity index (χ1) is 21.2. The first kappa shape index (κ1) is 29.7. The van der Waals surface area contributed by atoms with E-state index in [4.69, 9.17) is 4.98 Å². The summed E-state index contributed by atoms with van der Waals surface area (Å²) in [5.41, 5.74) is 9.23. The highest BCUT2D eigenvalue weighted by Crippen LogP contribution is 2.41. The quantitative estimate of drug-likeness (QED) is 0.250. The van der Waals surface area contributed by atoms with E-state index in [-0.39, 0.29) is 12.1 Å². The smallest absolute Gasteiger partial charge is 0.271 e. The minimum absolute atomic E-state index is 0.0229. The molecule has 2 fully saturated rings. The Labute approximate surface area is 261 Å². The fourth-order valence-electron chi connectivity index (χ4n) is 7.39.